The van der Waals surface area contributed by atoms with Gasteiger partial charge in [0, 0.05) is 27.3 Å². The molecule has 4 rings (SSSR count). The van der Waals surface area contributed by atoms with E-state index in [1.54, 1.807) is 18.2 Å². The molecular weight excluding hydrogens is 491 g/mol. The van der Waals surface area contributed by atoms with Crippen LogP contribution in [0.25, 0.3) is 11.4 Å². The van der Waals surface area contributed by atoms with Crippen molar-refractivity contribution >= 4 is 50.7 Å². The smallest absolute Gasteiger partial charge is 0.241 e. The van der Waals surface area contributed by atoms with E-state index < -0.39 is 0 Å². The zero-order valence-corrected chi connectivity index (χ0v) is 19.0. The van der Waals surface area contributed by atoms with Crippen molar-refractivity contribution in [2.75, 3.05) is 18.4 Å². The highest BCUT2D eigenvalue weighted by atomic mass is 79.9. The lowest BCUT2D eigenvalue weighted by atomic mass is 9.97. The molecule has 1 N–H and O–H groups in total. The van der Waals surface area contributed by atoms with Crippen LogP contribution in [0, 0.1) is 5.92 Å². The predicted octanol–water partition coefficient (Wildman–Crippen LogP) is 5.66. The van der Waals surface area contributed by atoms with E-state index in [2.05, 4.69) is 36.3 Å². The first kappa shape index (κ1) is 21.3. The molecule has 1 fully saturated rings. The van der Waals surface area contributed by atoms with Crippen molar-refractivity contribution in [1.29, 1.82) is 0 Å². The monoisotopic (exact) mass is 508 g/mol. The number of nitrogens with zero attached hydrogens (tertiary/aromatic N) is 3. The van der Waals surface area contributed by atoms with E-state index in [1.165, 1.54) is 0 Å². The summed E-state index contributed by atoms with van der Waals surface area (Å²) in [7, 11) is 0. The minimum absolute atomic E-state index is 0.0250. The molecule has 3 aromatic rings. The Morgan fingerprint density at radius 2 is 2.13 bits per heavy atom. The maximum Gasteiger partial charge on any atom is 0.241 e. The highest BCUT2D eigenvalue weighted by molar-refractivity contribution is 9.10. The van der Waals surface area contributed by atoms with Crippen LogP contribution in [0.1, 0.15) is 18.7 Å². The molecule has 9 heteroatoms. The van der Waals surface area contributed by atoms with E-state index in [-0.39, 0.29) is 11.8 Å². The average molecular weight is 510 g/mol. The van der Waals surface area contributed by atoms with Gasteiger partial charge < -0.3 is 9.84 Å². The van der Waals surface area contributed by atoms with E-state index in [9.17, 15) is 4.79 Å². The van der Waals surface area contributed by atoms with Crippen molar-refractivity contribution in [3.05, 3.63) is 62.9 Å². The van der Waals surface area contributed by atoms with Crippen LogP contribution in [0.4, 0.5) is 5.69 Å². The number of aromatic nitrogens is 2. The van der Waals surface area contributed by atoms with Crippen LogP contribution >= 0.6 is 39.1 Å². The first-order chi connectivity index (χ1) is 14.5. The topological polar surface area (TPSA) is 71.3 Å². The molecule has 1 aromatic heterocycles. The van der Waals surface area contributed by atoms with Gasteiger partial charge in [0.25, 0.3) is 0 Å². The molecule has 2 aromatic carbocycles. The van der Waals surface area contributed by atoms with Crippen LogP contribution < -0.4 is 5.32 Å². The van der Waals surface area contributed by atoms with Gasteiger partial charge in [0.15, 0.2) is 0 Å². The van der Waals surface area contributed by atoms with Gasteiger partial charge in [-0.3, -0.25) is 9.69 Å². The number of rotatable bonds is 5. The third kappa shape index (κ3) is 5.21. The second-order valence-corrected chi connectivity index (χ2v) is 8.97. The van der Waals surface area contributed by atoms with Gasteiger partial charge >= 0.3 is 0 Å². The molecule has 0 aliphatic carbocycles. The maximum absolute atomic E-state index is 12.7. The molecule has 1 atom stereocenters. The first-order valence-corrected chi connectivity index (χ1v) is 11.1. The molecule has 1 unspecified atom stereocenters. The molecule has 1 aliphatic heterocycles. The van der Waals surface area contributed by atoms with Crippen LogP contribution in [0.5, 0.6) is 0 Å². The fraction of sp³-hybridized carbons (Fsp3) is 0.286. The highest BCUT2D eigenvalue weighted by Crippen LogP contribution is 2.29. The molecule has 1 saturated heterocycles. The Bertz CT molecular complexity index is 1060. The van der Waals surface area contributed by atoms with E-state index in [1.807, 2.05) is 24.3 Å². The summed E-state index contributed by atoms with van der Waals surface area (Å²) in [5.74, 6) is 0.847. The average Bonchev–Trinajstić information content (AvgIpc) is 3.16. The minimum atomic E-state index is -0.0918. The minimum Gasteiger partial charge on any atom is -0.338 e. The summed E-state index contributed by atoms with van der Waals surface area (Å²) >= 11 is 15.6. The molecule has 2 heterocycles. The molecule has 0 bridgehead atoms. The van der Waals surface area contributed by atoms with Gasteiger partial charge in [0.1, 0.15) is 0 Å². The molecule has 156 valence electrons. The number of hydrogen-bond donors (Lipinski definition) is 1. The lowest BCUT2D eigenvalue weighted by molar-refractivity contribution is -0.121. The number of carbonyl (C=O) groups is 1. The van der Waals surface area contributed by atoms with Gasteiger partial charge in [-0.05, 0) is 55.8 Å². The number of benzene rings is 2. The summed E-state index contributed by atoms with van der Waals surface area (Å²) < 4.78 is 6.34. The molecule has 6 nitrogen and oxygen atoms in total. The van der Waals surface area contributed by atoms with Gasteiger partial charge in [0.05, 0.1) is 17.5 Å². The number of carbonyl (C=O) groups excluding carboxylic acids is 1. The van der Waals surface area contributed by atoms with Crippen LogP contribution in [-0.2, 0) is 11.3 Å². The molecule has 1 aliphatic rings. The third-order valence-electron chi connectivity index (χ3n) is 4.97. The molecule has 0 saturated carbocycles. The quantitative estimate of drug-likeness (QED) is 0.480. The zero-order valence-electron chi connectivity index (χ0n) is 15.9. The predicted molar refractivity (Wildman–Crippen MR) is 121 cm³/mol. The van der Waals surface area contributed by atoms with Crippen LogP contribution in [-0.4, -0.2) is 34.0 Å². The molecule has 1 amide bonds. The van der Waals surface area contributed by atoms with Gasteiger partial charge in [-0.15, -0.1) is 0 Å². The van der Waals surface area contributed by atoms with Crippen molar-refractivity contribution in [3.63, 3.8) is 0 Å². The number of hydrogen-bond acceptors (Lipinski definition) is 5. The van der Waals surface area contributed by atoms with Gasteiger partial charge in [0.2, 0.25) is 17.6 Å². The van der Waals surface area contributed by atoms with Crippen LogP contribution in [0.3, 0.4) is 0 Å². The number of likely N-dealkylation sites (tertiary alicyclic amines) is 1. The second kappa shape index (κ2) is 9.47. The second-order valence-electron chi connectivity index (χ2n) is 7.21. The fourth-order valence-electron chi connectivity index (χ4n) is 3.51. The normalized spacial score (nSPS) is 17.1. The number of halogens is 3. The van der Waals surface area contributed by atoms with Crippen LogP contribution in [0.15, 0.2) is 51.5 Å². The third-order valence-corrected chi connectivity index (χ3v) is 6.01. The lowest BCUT2D eigenvalue weighted by Gasteiger charge is -2.30. The molecule has 30 heavy (non-hydrogen) atoms. The van der Waals surface area contributed by atoms with Gasteiger partial charge in [-0.2, -0.15) is 4.98 Å². The number of piperidine rings is 1. The zero-order chi connectivity index (χ0) is 21.1. The Morgan fingerprint density at radius 3 is 2.93 bits per heavy atom. The van der Waals surface area contributed by atoms with Crippen molar-refractivity contribution in [1.82, 2.24) is 15.0 Å². The summed E-state index contributed by atoms with van der Waals surface area (Å²) in [6, 6.07) is 12.7. The SMILES string of the molecule is O=C(Nc1cccc(Br)c1)C1CCCN(Cc2nc(-c3ccc(Cl)cc3Cl)no2)C1. The molecule has 0 spiro atoms. The van der Waals surface area contributed by atoms with Crippen molar-refractivity contribution in [2.45, 2.75) is 19.4 Å². The molecule has 0 radical (unpaired) electrons. The van der Waals surface area contributed by atoms with Gasteiger partial charge in [-0.25, -0.2) is 0 Å². The van der Waals surface area contributed by atoms with E-state index in [0.29, 0.717) is 40.4 Å². The van der Waals surface area contributed by atoms with E-state index in [0.717, 1.165) is 29.5 Å². The largest absolute Gasteiger partial charge is 0.338 e. The Labute approximate surface area is 192 Å². The Kier molecular flexibility index (Phi) is 6.73. The standard InChI is InChI=1S/C21H19BrCl2N4O2/c22-14-4-1-5-16(9-14)25-21(29)13-3-2-8-28(11-13)12-19-26-20(27-30-19)17-7-6-15(23)10-18(17)24/h1,4-7,9-10,13H,2-3,8,11-12H2,(H,25,29). The lowest BCUT2D eigenvalue weighted by Crippen LogP contribution is -2.40. The number of nitrogens with one attached hydrogen (secondary N) is 1. The Hall–Kier alpha value is -1.93. The van der Waals surface area contributed by atoms with E-state index in [4.69, 9.17) is 27.7 Å². The summed E-state index contributed by atoms with van der Waals surface area (Å²) in [6.07, 6.45) is 1.78. The van der Waals surface area contributed by atoms with Crippen molar-refractivity contribution in [3.8, 4) is 11.4 Å². The van der Waals surface area contributed by atoms with Gasteiger partial charge in [-0.1, -0.05) is 50.4 Å². The summed E-state index contributed by atoms with van der Waals surface area (Å²) in [5, 5.41) is 8.06. The van der Waals surface area contributed by atoms with Crippen molar-refractivity contribution in [2.24, 2.45) is 5.92 Å². The van der Waals surface area contributed by atoms with Crippen LogP contribution in [0.2, 0.25) is 10.0 Å². The van der Waals surface area contributed by atoms with Crippen molar-refractivity contribution < 1.29 is 9.32 Å². The summed E-state index contributed by atoms with van der Waals surface area (Å²) in [6.45, 7) is 2.00. The first-order valence-electron chi connectivity index (χ1n) is 9.55. The maximum atomic E-state index is 12.7. The number of anilines is 1. The van der Waals surface area contributed by atoms with E-state index >= 15 is 0 Å². The number of amides is 1. The Morgan fingerprint density at radius 1 is 1.27 bits per heavy atom. The highest BCUT2D eigenvalue weighted by Gasteiger charge is 2.27. The summed E-state index contributed by atoms with van der Waals surface area (Å²) in [5.41, 5.74) is 1.45. The summed E-state index contributed by atoms with van der Waals surface area (Å²) in [4.78, 5) is 19.3. The Balaban J connectivity index is 1.38. The molecular formula is C21H19BrCl2N4O2. The fourth-order valence-corrected chi connectivity index (χ4v) is 4.41.